The van der Waals surface area contributed by atoms with E-state index >= 15 is 0 Å². The van der Waals surface area contributed by atoms with Crippen molar-refractivity contribution in [1.29, 1.82) is 0 Å². The Balaban J connectivity index is 2.05. The van der Waals surface area contributed by atoms with Gasteiger partial charge in [0.2, 0.25) is 0 Å². The maximum absolute atomic E-state index is 13.5. The van der Waals surface area contributed by atoms with Crippen molar-refractivity contribution in [2.45, 2.75) is 58.3 Å². The summed E-state index contributed by atoms with van der Waals surface area (Å²) in [6.07, 6.45) is 10.5. The molecule has 0 radical (unpaired) electrons. The molecule has 0 heterocycles. The van der Waals surface area contributed by atoms with Crippen LogP contribution in [0.2, 0.25) is 0 Å². The second-order valence-electron chi connectivity index (χ2n) is 5.25. The number of rotatable bonds is 11. The molecule has 0 bridgehead atoms. The topological polar surface area (TPSA) is 21.3 Å². The molecular formula is C17H28FNO. The molecule has 0 saturated heterocycles. The zero-order valence-electron chi connectivity index (χ0n) is 12.9. The second kappa shape index (κ2) is 10.5. The van der Waals surface area contributed by atoms with Gasteiger partial charge in [-0.05, 0) is 18.6 Å². The Kier molecular flexibility index (Phi) is 8.84. The van der Waals surface area contributed by atoms with Gasteiger partial charge >= 0.3 is 0 Å². The quantitative estimate of drug-likeness (QED) is 0.549. The van der Waals surface area contributed by atoms with Crippen molar-refractivity contribution in [2.75, 3.05) is 19.0 Å². The Labute approximate surface area is 122 Å². The summed E-state index contributed by atoms with van der Waals surface area (Å²) in [5.74, 6) is -0.0175. The van der Waals surface area contributed by atoms with Crippen LogP contribution in [-0.4, -0.2) is 13.7 Å². The van der Waals surface area contributed by atoms with Crippen LogP contribution in [0.3, 0.4) is 0 Å². The normalized spacial score (nSPS) is 10.6. The predicted octanol–water partition coefficient (Wildman–Crippen LogP) is 5.39. The molecule has 20 heavy (non-hydrogen) atoms. The van der Waals surface area contributed by atoms with Crippen molar-refractivity contribution >= 4 is 5.69 Å². The van der Waals surface area contributed by atoms with E-state index in [1.807, 2.05) is 6.07 Å². The van der Waals surface area contributed by atoms with Crippen LogP contribution in [0.15, 0.2) is 18.2 Å². The van der Waals surface area contributed by atoms with E-state index in [-0.39, 0.29) is 5.82 Å². The third-order valence-corrected chi connectivity index (χ3v) is 3.51. The van der Waals surface area contributed by atoms with Gasteiger partial charge in [-0.1, -0.05) is 51.9 Å². The van der Waals surface area contributed by atoms with Gasteiger partial charge in [-0.25, -0.2) is 4.39 Å². The number of benzene rings is 1. The van der Waals surface area contributed by atoms with E-state index in [4.69, 9.17) is 4.74 Å². The lowest BCUT2D eigenvalue weighted by Gasteiger charge is -2.08. The summed E-state index contributed by atoms with van der Waals surface area (Å²) in [5.41, 5.74) is 0.825. The average molecular weight is 281 g/mol. The van der Waals surface area contributed by atoms with Gasteiger partial charge in [-0.15, -0.1) is 0 Å². The minimum Gasteiger partial charge on any atom is -0.494 e. The number of unbranched alkanes of at least 4 members (excludes halogenated alkanes) is 7. The van der Waals surface area contributed by atoms with Crippen LogP contribution < -0.4 is 10.1 Å². The van der Waals surface area contributed by atoms with Crippen LogP contribution in [-0.2, 0) is 0 Å². The standard InChI is InChI=1S/C17H28FNO/c1-3-4-5-6-7-8-9-10-13-19-15-11-12-17(20-2)16(18)14-15/h11-12,14,19H,3-10,13H2,1-2H3. The van der Waals surface area contributed by atoms with E-state index in [9.17, 15) is 4.39 Å². The van der Waals surface area contributed by atoms with Gasteiger partial charge < -0.3 is 10.1 Å². The van der Waals surface area contributed by atoms with E-state index in [1.165, 1.54) is 58.1 Å². The molecule has 0 aliphatic carbocycles. The van der Waals surface area contributed by atoms with E-state index in [1.54, 1.807) is 6.07 Å². The zero-order valence-corrected chi connectivity index (χ0v) is 12.9. The van der Waals surface area contributed by atoms with Gasteiger partial charge in [0.25, 0.3) is 0 Å². The number of anilines is 1. The number of hydrogen-bond acceptors (Lipinski definition) is 2. The van der Waals surface area contributed by atoms with Crippen LogP contribution in [0.4, 0.5) is 10.1 Å². The fraction of sp³-hybridized carbons (Fsp3) is 0.647. The fourth-order valence-electron chi connectivity index (χ4n) is 2.27. The van der Waals surface area contributed by atoms with Crippen LogP contribution in [0.1, 0.15) is 58.3 Å². The molecule has 0 aliphatic rings. The van der Waals surface area contributed by atoms with Gasteiger partial charge in [0.15, 0.2) is 11.6 Å². The first-order chi connectivity index (χ1) is 9.77. The van der Waals surface area contributed by atoms with Gasteiger partial charge in [0, 0.05) is 18.3 Å². The highest BCUT2D eigenvalue weighted by Gasteiger charge is 2.02. The molecule has 3 heteroatoms. The number of nitrogens with one attached hydrogen (secondary N) is 1. The second-order valence-corrected chi connectivity index (χ2v) is 5.25. The number of methoxy groups -OCH3 is 1. The Bertz CT molecular complexity index is 368. The van der Waals surface area contributed by atoms with Crippen LogP contribution in [0.25, 0.3) is 0 Å². The van der Waals surface area contributed by atoms with Crippen molar-refractivity contribution in [1.82, 2.24) is 0 Å². The Morgan fingerprint density at radius 3 is 2.25 bits per heavy atom. The fourth-order valence-corrected chi connectivity index (χ4v) is 2.27. The van der Waals surface area contributed by atoms with Gasteiger partial charge in [0.1, 0.15) is 0 Å². The monoisotopic (exact) mass is 281 g/mol. The van der Waals surface area contributed by atoms with Crippen molar-refractivity contribution in [2.24, 2.45) is 0 Å². The highest BCUT2D eigenvalue weighted by atomic mass is 19.1. The summed E-state index contributed by atoms with van der Waals surface area (Å²) in [5, 5.41) is 3.25. The number of ether oxygens (including phenoxy) is 1. The van der Waals surface area contributed by atoms with Crippen LogP contribution in [0, 0.1) is 5.82 Å². The van der Waals surface area contributed by atoms with E-state index in [2.05, 4.69) is 12.2 Å². The zero-order chi connectivity index (χ0) is 14.6. The molecule has 1 N–H and O–H groups in total. The molecule has 0 aromatic heterocycles. The first-order valence-electron chi connectivity index (χ1n) is 7.85. The third-order valence-electron chi connectivity index (χ3n) is 3.51. The lowest BCUT2D eigenvalue weighted by Crippen LogP contribution is -2.02. The molecule has 0 saturated carbocycles. The molecule has 0 spiro atoms. The highest BCUT2D eigenvalue weighted by molar-refractivity contribution is 5.47. The molecule has 114 valence electrons. The molecule has 0 atom stereocenters. The summed E-state index contributed by atoms with van der Waals surface area (Å²) >= 11 is 0. The van der Waals surface area contributed by atoms with Gasteiger partial charge in [0.05, 0.1) is 7.11 Å². The van der Waals surface area contributed by atoms with Crippen molar-refractivity contribution in [3.05, 3.63) is 24.0 Å². The maximum Gasteiger partial charge on any atom is 0.167 e. The molecule has 2 nitrogen and oxygen atoms in total. The number of hydrogen-bond donors (Lipinski definition) is 1. The first kappa shape index (κ1) is 16.8. The third kappa shape index (κ3) is 6.78. The van der Waals surface area contributed by atoms with Gasteiger partial charge in [-0.3, -0.25) is 0 Å². The minimum atomic E-state index is -0.312. The summed E-state index contributed by atoms with van der Waals surface area (Å²) < 4.78 is 18.4. The van der Waals surface area contributed by atoms with E-state index in [0.717, 1.165) is 18.7 Å². The van der Waals surface area contributed by atoms with Crippen LogP contribution in [0.5, 0.6) is 5.75 Å². The molecule has 0 fully saturated rings. The average Bonchev–Trinajstić information content (AvgIpc) is 2.46. The predicted molar refractivity (Wildman–Crippen MR) is 84.1 cm³/mol. The van der Waals surface area contributed by atoms with Crippen LogP contribution >= 0.6 is 0 Å². The Morgan fingerprint density at radius 2 is 1.65 bits per heavy atom. The smallest absolute Gasteiger partial charge is 0.167 e. The maximum atomic E-state index is 13.5. The molecular weight excluding hydrogens is 253 g/mol. The summed E-state index contributed by atoms with van der Waals surface area (Å²) in [6.45, 7) is 3.15. The number of halogens is 1. The summed E-state index contributed by atoms with van der Waals surface area (Å²) in [6, 6.07) is 5.00. The van der Waals surface area contributed by atoms with Crippen molar-refractivity contribution in [3.8, 4) is 5.75 Å². The SMILES string of the molecule is CCCCCCCCCCNc1ccc(OC)c(F)c1. The largest absolute Gasteiger partial charge is 0.494 e. The van der Waals surface area contributed by atoms with Crippen molar-refractivity contribution < 1.29 is 9.13 Å². The lowest BCUT2D eigenvalue weighted by molar-refractivity contribution is 0.386. The summed E-state index contributed by atoms with van der Waals surface area (Å²) in [7, 11) is 1.48. The lowest BCUT2D eigenvalue weighted by atomic mass is 10.1. The molecule has 1 aromatic rings. The molecule has 1 rings (SSSR count). The Morgan fingerprint density at radius 1 is 1.00 bits per heavy atom. The van der Waals surface area contributed by atoms with Crippen molar-refractivity contribution in [3.63, 3.8) is 0 Å². The minimum absolute atomic E-state index is 0.294. The molecule has 1 aromatic carbocycles. The van der Waals surface area contributed by atoms with E-state index < -0.39 is 0 Å². The first-order valence-corrected chi connectivity index (χ1v) is 7.85. The molecule has 0 unspecified atom stereocenters. The Hall–Kier alpha value is -1.25. The molecule has 0 aliphatic heterocycles. The van der Waals surface area contributed by atoms with E-state index in [0.29, 0.717) is 5.75 Å². The highest BCUT2D eigenvalue weighted by Crippen LogP contribution is 2.20. The molecule has 0 amide bonds. The summed E-state index contributed by atoms with van der Waals surface area (Å²) in [4.78, 5) is 0. The van der Waals surface area contributed by atoms with Gasteiger partial charge in [-0.2, -0.15) is 0 Å².